The molecule has 0 amide bonds. The first-order valence-corrected chi connectivity index (χ1v) is 7.69. The van der Waals surface area contributed by atoms with Gasteiger partial charge in [0.15, 0.2) is 0 Å². The maximum absolute atomic E-state index is 11.0. The Morgan fingerprint density at radius 2 is 2.14 bits per heavy atom. The number of nitro groups is 1. The third-order valence-electron chi connectivity index (χ3n) is 3.25. The Labute approximate surface area is 132 Å². The van der Waals surface area contributed by atoms with Crippen LogP contribution in [0.2, 0.25) is 0 Å². The summed E-state index contributed by atoms with van der Waals surface area (Å²) in [6.45, 7) is 4.52. The van der Waals surface area contributed by atoms with Crippen LogP contribution < -0.4 is 5.32 Å². The van der Waals surface area contributed by atoms with Crippen molar-refractivity contribution in [1.82, 2.24) is 9.88 Å². The summed E-state index contributed by atoms with van der Waals surface area (Å²) in [5.74, 6) is 0. The average molecular weight is 352 g/mol. The van der Waals surface area contributed by atoms with Crippen molar-refractivity contribution in [1.29, 1.82) is 0 Å². The maximum atomic E-state index is 11.0. The van der Waals surface area contributed by atoms with Gasteiger partial charge in [-0.15, -0.1) is 0 Å². The highest BCUT2D eigenvalue weighted by atomic mass is 79.9. The van der Waals surface area contributed by atoms with Gasteiger partial charge in [0.1, 0.15) is 4.47 Å². The van der Waals surface area contributed by atoms with E-state index in [9.17, 15) is 10.1 Å². The summed E-state index contributed by atoms with van der Waals surface area (Å²) >= 11 is 3.35. The summed E-state index contributed by atoms with van der Waals surface area (Å²) in [7, 11) is 0. The molecule has 0 unspecified atom stereocenters. The number of aromatic nitrogens is 1. The lowest BCUT2D eigenvalue weighted by Crippen LogP contribution is -2.17. The second-order valence-corrected chi connectivity index (χ2v) is 5.60. The minimum atomic E-state index is -0.368. The fourth-order valence-electron chi connectivity index (χ4n) is 2.17. The first kappa shape index (κ1) is 15.7. The van der Waals surface area contributed by atoms with Gasteiger partial charge >= 0.3 is 0 Å². The van der Waals surface area contributed by atoms with Crippen LogP contribution in [0.5, 0.6) is 0 Å². The molecule has 1 N–H and O–H groups in total. The highest BCUT2D eigenvalue weighted by Gasteiger charge is 2.15. The molecule has 112 valence electrons. The van der Waals surface area contributed by atoms with Gasteiger partial charge in [-0.05, 0) is 46.6 Å². The lowest BCUT2D eigenvalue weighted by Gasteiger charge is -2.11. The Hall–Kier alpha value is -1.66. The van der Waals surface area contributed by atoms with Gasteiger partial charge in [0.2, 0.25) is 0 Å². The number of halogens is 1. The molecule has 0 bridgehead atoms. The van der Waals surface area contributed by atoms with E-state index < -0.39 is 0 Å². The normalized spacial score (nSPS) is 10.8. The van der Waals surface area contributed by atoms with Crippen molar-refractivity contribution in [3.63, 3.8) is 0 Å². The third kappa shape index (κ3) is 3.92. The molecule has 0 spiro atoms. The molecule has 0 aliphatic heterocycles. The van der Waals surface area contributed by atoms with Crippen LogP contribution in [-0.2, 0) is 13.1 Å². The standard InChI is InChI=1S/C15H18BrN3O2/c1-2-8-17-10-13-6-4-9-18(13)11-12-5-3-7-14(15(12)16)19(20)21/h3-7,9,17H,2,8,10-11H2,1H3. The number of nitrogens with zero attached hydrogens (tertiary/aromatic N) is 2. The SMILES string of the molecule is CCCNCc1cccn1Cc1cccc([N+](=O)[O-])c1Br. The van der Waals surface area contributed by atoms with Crippen molar-refractivity contribution in [2.75, 3.05) is 6.54 Å². The second-order valence-electron chi connectivity index (χ2n) is 4.81. The number of nitro benzene ring substituents is 1. The van der Waals surface area contributed by atoms with Crippen LogP contribution in [0.3, 0.4) is 0 Å². The summed E-state index contributed by atoms with van der Waals surface area (Å²) < 4.78 is 2.66. The van der Waals surface area contributed by atoms with E-state index in [1.54, 1.807) is 6.07 Å². The monoisotopic (exact) mass is 351 g/mol. The molecule has 1 aromatic heterocycles. The predicted octanol–water partition coefficient (Wildman–Crippen LogP) is 3.71. The third-order valence-corrected chi connectivity index (χ3v) is 4.17. The van der Waals surface area contributed by atoms with Gasteiger partial charge in [-0.2, -0.15) is 0 Å². The Kier molecular flexibility index (Phi) is 5.52. The summed E-state index contributed by atoms with van der Waals surface area (Å²) in [6.07, 6.45) is 3.09. The van der Waals surface area contributed by atoms with Crippen LogP contribution in [0.4, 0.5) is 5.69 Å². The first-order valence-electron chi connectivity index (χ1n) is 6.90. The number of hydrogen-bond acceptors (Lipinski definition) is 3. The van der Waals surface area contributed by atoms with Crippen LogP contribution in [0.15, 0.2) is 41.0 Å². The highest BCUT2D eigenvalue weighted by molar-refractivity contribution is 9.10. The number of rotatable bonds is 7. The van der Waals surface area contributed by atoms with E-state index in [0.29, 0.717) is 11.0 Å². The molecule has 5 nitrogen and oxygen atoms in total. The van der Waals surface area contributed by atoms with E-state index in [4.69, 9.17) is 0 Å². The molecule has 0 atom stereocenters. The molecule has 0 aliphatic carbocycles. The number of benzene rings is 1. The summed E-state index contributed by atoms with van der Waals surface area (Å²) in [5.41, 5.74) is 2.17. The van der Waals surface area contributed by atoms with Gasteiger partial charge in [0.05, 0.1) is 4.92 Å². The molecular weight excluding hydrogens is 334 g/mol. The van der Waals surface area contributed by atoms with Crippen molar-refractivity contribution < 1.29 is 4.92 Å². The molecule has 1 aromatic carbocycles. The fourth-order valence-corrected chi connectivity index (χ4v) is 2.70. The average Bonchev–Trinajstić information content (AvgIpc) is 2.88. The molecular formula is C15H18BrN3O2. The first-order chi connectivity index (χ1) is 10.1. The molecule has 0 saturated heterocycles. The number of nitrogens with one attached hydrogen (secondary N) is 1. The summed E-state index contributed by atoms with van der Waals surface area (Å²) in [5, 5.41) is 14.3. The van der Waals surface area contributed by atoms with Gasteiger partial charge in [-0.1, -0.05) is 19.1 Å². The lowest BCUT2D eigenvalue weighted by molar-refractivity contribution is -0.385. The quantitative estimate of drug-likeness (QED) is 0.470. The van der Waals surface area contributed by atoms with Gasteiger partial charge in [0.25, 0.3) is 5.69 Å². The molecule has 21 heavy (non-hydrogen) atoms. The van der Waals surface area contributed by atoms with Crippen molar-refractivity contribution in [3.05, 3.63) is 62.4 Å². The Morgan fingerprint density at radius 1 is 1.33 bits per heavy atom. The number of hydrogen-bond donors (Lipinski definition) is 1. The zero-order valence-electron chi connectivity index (χ0n) is 11.9. The van der Waals surface area contributed by atoms with Crippen LogP contribution in [0.25, 0.3) is 0 Å². The van der Waals surface area contributed by atoms with Crippen LogP contribution in [0, 0.1) is 10.1 Å². The van der Waals surface area contributed by atoms with Crippen molar-refractivity contribution in [2.24, 2.45) is 0 Å². The van der Waals surface area contributed by atoms with Gasteiger partial charge < -0.3 is 9.88 Å². The fraction of sp³-hybridized carbons (Fsp3) is 0.333. The van der Waals surface area contributed by atoms with Crippen molar-refractivity contribution >= 4 is 21.6 Å². The lowest BCUT2D eigenvalue weighted by atomic mass is 10.2. The molecule has 0 saturated carbocycles. The van der Waals surface area contributed by atoms with E-state index in [1.807, 2.05) is 18.3 Å². The summed E-state index contributed by atoms with van der Waals surface area (Å²) in [4.78, 5) is 10.6. The topological polar surface area (TPSA) is 60.1 Å². The molecule has 2 rings (SSSR count). The largest absolute Gasteiger partial charge is 0.346 e. The minimum Gasteiger partial charge on any atom is -0.346 e. The van der Waals surface area contributed by atoms with Gasteiger partial charge in [-0.25, -0.2) is 0 Å². The molecule has 0 aliphatic rings. The Balaban J connectivity index is 2.17. The van der Waals surface area contributed by atoms with E-state index in [0.717, 1.165) is 25.1 Å². The Bertz CT molecular complexity index is 625. The molecule has 0 radical (unpaired) electrons. The minimum absolute atomic E-state index is 0.102. The molecule has 0 fully saturated rings. The van der Waals surface area contributed by atoms with Crippen LogP contribution in [0.1, 0.15) is 24.6 Å². The molecule has 2 aromatic rings. The van der Waals surface area contributed by atoms with Gasteiger partial charge in [-0.3, -0.25) is 10.1 Å². The van der Waals surface area contributed by atoms with Gasteiger partial charge in [0, 0.05) is 31.0 Å². The smallest absolute Gasteiger partial charge is 0.283 e. The van der Waals surface area contributed by atoms with Crippen LogP contribution in [-0.4, -0.2) is 16.0 Å². The summed E-state index contributed by atoms with van der Waals surface area (Å²) in [6, 6.07) is 9.19. The van der Waals surface area contributed by atoms with Crippen molar-refractivity contribution in [3.8, 4) is 0 Å². The maximum Gasteiger partial charge on any atom is 0.283 e. The zero-order valence-corrected chi connectivity index (χ0v) is 13.5. The van der Waals surface area contributed by atoms with E-state index in [-0.39, 0.29) is 10.6 Å². The predicted molar refractivity (Wildman–Crippen MR) is 86.3 cm³/mol. The molecule has 1 heterocycles. The molecule has 6 heteroatoms. The van der Waals surface area contributed by atoms with Crippen LogP contribution >= 0.6 is 15.9 Å². The van der Waals surface area contributed by atoms with E-state index in [2.05, 4.69) is 38.8 Å². The Morgan fingerprint density at radius 3 is 2.86 bits per heavy atom. The van der Waals surface area contributed by atoms with E-state index in [1.165, 1.54) is 11.8 Å². The second kappa shape index (κ2) is 7.38. The van der Waals surface area contributed by atoms with Crippen molar-refractivity contribution in [2.45, 2.75) is 26.4 Å². The highest BCUT2D eigenvalue weighted by Crippen LogP contribution is 2.29. The zero-order chi connectivity index (χ0) is 15.2. The van der Waals surface area contributed by atoms with E-state index >= 15 is 0 Å².